The molecule has 0 aliphatic rings. The topological polar surface area (TPSA) is 201 Å². The second kappa shape index (κ2) is 21.5. The van der Waals surface area contributed by atoms with Crippen LogP contribution >= 0.6 is 33.1 Å². The summed E-state index contributed by atoms with van der Waals surface area (Å²) in [7, 11) is -6.74. The predicted octanol–water partition coefficient (Wildman–Crippen LogP) is 5.25. The Labute approximate surface area is 252 Å². The van der Waals surface area contributed by atoms with E-state index in [0.717, 1.165) is 13.3 Å². The highest BCUT2D eigenvalue weighted by Crippen LogP contribution is 2.47. The van der Waals surface area contributed by atoms with Gasteiger partial charge in [0, 0.05) is 20.0 Å². The fourth-order valence-electron chi connectivity index (χ4n) is 2.30. The van der Waals surface area contributed by atoms with Crippen LogP contribution in [0.2, 0.25) is 0 Å². The van der Waals surface area contributed by atoms with Crippen molar-refractivity contribution in [2.75, 3.05) is 33.2 Å². The number of benzene rings is 2. The highest BCUT2D eigenvalue weighted by molar-refractivity contribution is 7.85. The number of nitrogens with two attached hydrogens (primary N) is 1. The van der Waals surface area contributed by atoms with E-state index in [1.165, 1.54) is 13.6 Å². The van der Waals surface area contributed by atoms with Crippen LogP contribution in [0.5, 0.6) is 11.5 Å². The molecule has 5 atom stereocenters. The Hall–Kier alpha value is -2.20. The van der Waals surface area contributed by atoms with Crippen molar-refractivity contribution in [3.8, 4) is 11.5 Å². The molecule has 2 aromatic carbocycles. The quantitative estimate of drug-likeness (QED) is 0.188. The smallest absolute Gasteiger partial charge is 0.373 e. The number of halogens is 1. The summed E-state index contributed by atoms with van der Waals surface area (Å²) in [6.45, 7) is 7.90. The molecule has 2 aromatic rings. The van der Waals surface area contributed by atoms with E-state index in [1.54, 1.807) is 69.3 Å². The maximum absolute atomic E-state index is 10.9. The van der Waals surface area contributed by atoms with Crippen molar-refractivity contribution in [1.29, 1.82) is 0 Å². The van der Waals surface area contributed by atoms with Crippen LogP contribution in [0.3, 0.4) is 0 Å². The Balaban J connectivity index is 0. The second-order valence-electron chi connectivity index (χ2n) is 8.38. The fourth-order valence-corrected chi connectivity index (χ4v) is 4.37. The Kier molecular flexibility index (Phi) is 21.4. The molecule has 2 rings (SSSR count). The summed E-state index contributed by atoms with van der Waals surface area (Å²) >= 11 is 5.40. The first-order valence-electron chi connectivity index (χ1n) is 12.4. The number of ether oxygens (including phenoxy) is 2. The van der Waals surface area contributed by atoms with Crippen LogP contribution in [0.4, 0.5) is 0 Å². The van der Waals surface area contributed by atoms with Crippen molar-refractivity contribution in [3.63, 3.8) is 0 Å². The lowest BCUT2D eigenvalue weighted by molar-refractivity contribution is -0.145. The van der Waals surface area contributed by atoms with Crippen LogP contribution in [0, 0.1) is 0 Å². The van der Waals surface area contributed by atoms with Crippen LogP contribution in [-0.2, 0) is 32.8 Å². The monoisotopic (exact) mass is 674 g/mol. The number of para-hydroxylation sites is 2. The number of carbonyl (C=O) groups excluding carboxylic acids is 2. The number of nitrogens with one attached hydrogen (secondary N) is 1. The van der Waals surface area contributed by atoms with Crippen molar-refractivity contribution < 1.29 is 51.6 Å². The van der Waals surface area contributed by atoms with Gasteiger partial charge in [0.15, 0.2) is 0 Å². The van der Waals surface area contributed by atoms with E-state index >= 15 is 0 Å². The summed E-state index contributed by atoms with van der Waals surface area (Å²) < 4.78 is 51.2. The van der Waals surface area contributed by atoms with Crippen LogP contribution in [0.1, 0.15) is 27.7 Å². The van der Waals surface area contributed by atoms with Gasteiger partial charge in [0.05, 0.1) is 13.2 Å². The standard InChI is InChI=1S/C7H8ClO2P.C7H9O3P.C6H14NO4P.C5H11NO2/c2*1-11(8,9)10-7-5-3-2-4-6-7;1-4-11-6(8)5(2)7-12(3,9)10;1-3-8-5(7)4(2)6/h2-6H,1H3;2-6H,1H3,(H,8,9);5H,4H2,1-3H3,(H2,7,9,10);4H,3,6H2,1-2H3. The Bertz CT molecular complexity index is 1110. The molecule has 0 amide bonds. The highest BCUT2D eigenvalue weighted by Gasteiger charge is 2.20. The molecule has 5 N–H and O–H groups in total. The first-order valence-corrected chi connectivity index (χ1v) is 19.5. The minimum Gasteiger partial charge on any atom is -0.465 e. The van der Waals surface area contributed by atoms with Crippen molar-refractivity contribution in [2.45, 2.75) is 39.8 Å². The number of hydrogen-bond donors (Lipinski definition) is 4. The van der Waals surface area contributed by atoms with Gasteiger partial charge in [-0.2, -0.15) is 0 Å². The summed E-state index contributed by atoms with van der Waals surface area (Å²) in [5.74, 6) is 0.0929. The third kappa shape index (κ3) is 27.9. The van der Waals surface area contributed by atoms with Crippen molar-refractivity contribution in [1.82, 2.24) is 5.09 Å². The van der Waals surface area contributed by atoms with Gasteiger partial charge in [-0.3, -0.25) is 18.7 Å². The molecule has 0 saturated carbocycles. The van der Waals surface area contributed by atoms with Crippen LogP contribution in [-0.4, -0.2) is 67.0 Å². The zero-order valence-electron chi connectivity index (χ0n) is 24.7. The summed E-state index contributed by atoms with van der Waals surface area (Å²) in [5, 5.41) is 2.24. The van der Waals surface area contributed by atoms with Gasteiger partial charge in [0.2, 0.25) is 0 Å². The zero-order chi connectivity index (χ0) is 33.0. The van der Waals surface area contributed by atoms with Crippen molar-refractivity contribution in [3.05, 3.63) is 60.7 Å². The van der Waals surface area contributed by atoms with Gasteiger partial charge in [0.25, 0.3) is 7.52 Å². The average Bonchev–Trinajstić information content (AvgIpc) is 2.84. The summed E-state index contributed by atoms with van der Waals surface area (Å²) in [6.07, 6.45) is 0. The van der Waals surface area contributed by atoms with Gasteiger partial charge in [-0.25, -0.2) is 9.65 Å². The van der Waals surface area contributed by atoms with E-state index in [2.05, 4.69) is 14.6 Å². The molecule has 0 aromatic heterocycles. The fraction of sp³-hybridized carbons (Fsp3) is 0.440. The van der Waals surface area contributed by atoms with E-state index in [4.69, 9.17) is 35.8 Å². The van der Waals surface area contributed by atoms with Gasteiger partial charge in [-0.15, -0.1) is 0 Å². The van der Waals surface area contributed by atoms with Gasteiger partial charge in [0.1, 0.15) is 23.6 Å². The number of carbonyl (C=O) groups is 2. The van der Waals surface area contributed by atoms with E-state index < -0.39 is 39.9 Å². The van der Waals surface area contributed by atoms with E-state index in [1.807, 2.05) is 12.1 Å². The van der Waals surface area contributed by atoms with Crippen molar-refractivity contribution in [2.24, 2.45) is 5.73 Å². The van der Waals surface area contributed by atoms with Crippen LogP contribution in [0.15, 0.2) is 60.7 Å². The summed E-state index contributed by atoms with van der Waals surface area (Å²) in [6, 6.07) is 16.2. The van der Waals surface area contributed by atoms with Crippen LogP contribution in [0.25, 0.3) is 0 Å². The van der Waals surface area contributed by atoms with E-state index in [0.29, 0.717) is 18.1 Å². The van der Waals surface area contributed by atoms with Gasteiger partial charge >= 0.3 is 26.3 Å². The lowest BCUT2D eigenvalue weighted by Gasteiger charge is -2.14. The molecular formula is C25H42ClN2O11P3. The van der Waals surface area contributed by atoms with Crippen molar-refractivity contribution >= 4 is 45.0 Å². The number of rotatable bonds is 10. The maximum atomic E-state index is 10.9. The van der Waals surface area contributed by atoms with Gasteiger partial charge in [-0.05, 0) is 63.2 Å². The minimum atomic E-state index is -3.39. The van der Waals surface area contributed by atoms with Crippen LogP contribution < -0.4 is 19.9 Å². The lowest BCUT2D eigenvalue weighted by Crippen LogP contribution is -2.32. The Morgan fingerprint density at radius 1 is 0.810 bits per heavy atom. The zero-order valence-corrected chi connectivity index (χ0v) is 28.1. The molecule has 0 fully saturated rings. The van der Waals surface area contributed by atoms with E-state index in [9.17, 15) is 23.3 Å². The Morgan fingerprint density at radius 3 is 1.48 bits per heavy atom. The first kappa shape index (κ1) is 41.9. The Morgan fingerprint density at radius 2 is 1.19 bits per heavy atom. The normalized spacial score (nSPS) is 15.7. The molecule has 0 heterocycles. The molecule has 42 heavy (non-hydrogen) atoms. The summed E-state index contributed by atoms with van der Waals surface area (Å²) in [5.41, 5.74) is 5.15. The third-order valence-electron chi connectivity index (χ3n) is 3.76. The second-order valence-corrected chi connectivity index (χ2v) is 15.7. The minimum absolute atomic E-state index is 0.268. The molecule has 0 radical (unpaired) electrons. The average molecular weight is 675 g/mol. The highest BCUT2D eigenvalue weighted by atomic mass is 35.7. The molecule has 0 saturated heterocycles. The molecule has 17 heteroatoms. The van der Waals surface area contributed by atoms with Gasteiger partial charge in [-0.1, -0.05) is 36.4 Å². The number of esters is 2. The molecule has 0 bridgehead atoms. The largest absolute Gasteiger partial charge is 0.465 e. The lowest BCUT2D eigenvalue weighted by atomic mass is 10.3. The third-order valence-corrected chi connectivity index (χ3v) is 5.92. The molecule has 0 spiro atoms. The molecule has 13 nitrogen and oxygen atoms in total. The first-order chi connectivity index (χ1) is 19.2. The number of hydrogen-bond acceptors (Lipinski definition) is 10. The predicted molar refractivity (Wildman–Crippen MR) is 165 cm³/mol. The van der Waals surface area contributed by atoms with E-state index in [-0.39, 0.29) is 12.6 Å². The molecule has 5 unspecified atom stereocenters. The molecule has 0 aliphatic heterocycles. The molecule has 240 valence electrons. The molecule has 0 aliphatic carbocycles. The van der Waals surface area contributed by atoms with Gasteiger partial charge < -0.3 is 34.0 Å². The summed E-state index contributed by atoms with van der Waals surface area (Å²) in [4.78, 5) is 38.9. The SMILES string of the molecule is CCOC(=O)C(C)N.CCOC(=O)C(C)NP(C)(=O)O.CP(=O)(Cl)Oc1ccccc1.CP(=O)(O)Oc1ccccc1. The maximum Gasteiger partial charge on any atom is 0.373 e. The molecular weight excluding hydrogens is 633 g/mol.